The van der Waals surface area contributed by atoms with E-state index >= 15 is 0 Å². The van der Waals surface area contributed by atoms with Crippen LogP contribution in [0.4, 0.5) is 11.4 Å². The highest BCUT2D eigenvalue weighted by Crippen LogP contribution is 2.24. The summed E-state index contributed by atoms with van der Waals surface area (Å²) in [5.74, 6) is 0.427. The highest BCUT2D eigenvalue weighted by Gasteiger charge is 2.12. The summed E-state index contributed by atoms with van der Waals surface area (Å²) in [5, 5.41) is 2.87. The number of nitrogens with one attached hydrogen (secondary N) is 1. The second kappa shape index (κ2) is 5.96. The van der Waals surface area contributed by atoms with Gasteiger partial charge in [0.1, 0.15) is 5.75 Å². The van der Waals surface area contributed by atoms with Gasteiger partial charge in [-0.2, -0.15) is 0 Å². The maximum atomic E-state index is 12.3. The van der Waals surface area contributed by atoms with Gasteiger partial charge in [-0.3, -0.25) is 4.79 Å². The zero-order chi connectivity index (χ0) is 14.7. The Morgan fingerprint density at radius 3 is 2.65 bits per heavy atom. The number of carbonyl (C=O) groups excluding carboxylic acids is 1. The Morgan fingerprint density at radius 2 is 2.00 bits per heavy atom. The molecule has 5 heteroatoms. The summed E-state index contributed by atoms with van der Waals surface area (Å²) in [6, 6.07) is 10.6. The fraction of sp³-hybridized carbons (Fsp3) is 0.133. The number of halogens is 1. The molecule has 4 nitrogen and oxygen atoms in total. The number of rotatable bonds is 3. The number of benzene rings is 2. The summed E-state index contributed by atoms with van der Waals surface area (Å²) >= 11 is 3.37. The summed E-state index contributed by atoms with van der Waals surface area (Å²) in [5.41, 5.74) is 8.53. The van der Waals surface area contributed by atoms with Gasteiger partial charge in [0.15, 0.2) is 0 Å². The molecule has 20 heavy (non-hydrogen) atoms. The average molecular weight is 335 g/mol. The van der Waals surface area contributed by atoms with E-state index in [1.165, 1.54) is 0 Å². The fourth-order valence-corrected chi connectivity index (χ4v) is 2.25. The van der Waals surface area contributed by atoms with Crippen LogP contribution in [0.15, 0.2) is 40.9 Å². The fourth-order valence-electron chi connectivity index (χ4n) is 1.82. The van der Waals surface area contributed by atoms with Crippen LogP contribution in [0, 0.1) is 6.92 Å². The van der Waals surface area contributed by atoms with Gasteiger partial charge in [-0.05, 0) is 64.8 Å². The highest BCUT2D eigenvalue weighted by molar-refractivity contribution is 9.10. The molecule has 0 unspecified atom stereocenters. The van der Waals surface area contributed by atoms with Crippen molar-refractivity contribution < 1.29 is 9.53 Å². The number of hydrogen-bond donors (Lipinski definition) is 2. The zero-order valence-electron chi connectivity index (χ0n) is 11.2. The van der Waals surface area contributed by atoms with E-state index in [4.69, 9.17) is 10.5 Å². The summed E-state index contributed by atoms with van der Waals surface area (Å²) in [7, 11) is 1.56. The number of methoxy groups -OCH3 is 1. The first-order valence-electron chi connectivity index (χ1n) is 6.02. The minimum absolute atomic E-state index is 0.205. The number of amides is 1. The lowest BCUT2D eigenvalue weighted by Gasteiger charge is -2.11. The van der Waals surface area contributed by atoms with Gasteiger partial charge in [0, 0.05) is 15.8 Å². The Labute approximate surface area is 126 Å². The van der Waals surface area contributed by atoms with Crippen LogP contribution >= 0.6 is 15.9 Å². The van der Waals surface area contributed by atoms with Crippen LogP contribution < -0.4 is 15.8 Å². The van der Waals surface area contributed by atoms with Gasteiger partial charge in [0.25, 0.3) is 5.91 Å². The first kappa shape index (κ1) is 14.4. The van der Waals surface area contributed by atoms with E-state index in [-0.39, 0.29) is 5.91 Å². The van der Waals surface area contributed by atoms with Crippen molar-refractivity contribution in [3.8, 4) is 5.75 Å². The molecule has 2 aromatic carbocycles. The number of ether oxygens (including phenoxy) is 1. The molecule has 0 heterocycles. The standard InChI is InChI=1S/C15H15BrN2O2/c1-9-7-10(17)3-6-14(9)18-15(19)12-8-11(20-2)4-5-13(12)16/h3-8H,17H2,1-2H3,(H,18,19). The predicted molar refractivity (Wildman–Crippen MR) is 84.2 cm³/mol. The Morgan fingerprint density at radius 1 is 1.25 bits per heavy atom. The zero-order valence-corrected chi connectivity index (χ0v) is 12.8. The summed E-state index contributed by atoms with van der Waals surface area (Å²) in [4.78, 5) is 12.3. The normalized spacial score (nSPS) is 10.2. The largest absolute Gasteiger partial charge is 0.497 e. The van der Waals surface area contributed by atoms with Crippen LogP contribution in [0.5, 0.6) is 5.75 Å². The molecule has 0 bridgehead atoms. The number of nitrogens with two attached hydrogens (primary N) is 1. The molecule has 104 valence electrons. The number of nitrogen functional groups attached to an aromatic ring is 1. The SMILES string of the molecule is COc1ccc(Br)c(C(=O)Nc2ccc(N)cc2C)c1. The predicted octanol–water partition coefficient (Wildman–Crippen LogP) is 3.60. The molecule has 0 spiro atoms. The van der Waals surface area contributed by atoms with Crippen LogP contribution in [0.2, 0.25) is 0 Å². The van der Waals surface area contributed by atoms with Gasteiger partial charge in [0.05, 0.1) is 12.7 Å². The van der Waals surface area contributed by atoms with Crippen molar-refractivity contribution in [2.75, 3.05) is 18.2 Å². The van der Waals surface area contributed by atoms with E-state index in [0.717, 1.165) is 11.3 Å². The lowest BCUT2D eigenvalue weighted by Crippen LogP contribution is -2.13. The third-order valence-electron chi connectivity index (χ3n) is 2.92. The van der Waals surface area contributed by atoms with Gasteiger partial charge >= 0.3 is 0 Å². The van der Waals surface area contributed by atoms with Crippen molar-refractivity contribution >= 4 is 33.2 Å². The van der Waals surface area contributed by atoms with Gasteiger partial charge in [0.2, 0.25) is 0 Å². The number of carbonyl (C=O) groups is 1. The first-order chi connectivity index (χ1) is 9.51. The van der Waals surface area contributed by atoms with Crippen LogP contribution in [0.1, 0.15) is 15.9 Å². The molecule has 0 aromatic heterocycles. The van der Waals surface area contributed by atoms with E-state index in [9.17, 15) is 4.79 Å². The lowest BCUT2D eigenvalue weighted by molar-refractivity contribution is 0.102. The van der Waals surface area contributed by atoms with E-state index in [0.29, 0.717) is 21.5 Å². The molecule has 3 N–H and O–H groups in total. The van der Waals surface area contributed by atoms with Crippen LogP contribution in [-0.2, 0) is 0 Å². The van der Waals surface area contributed by atoms with Gasteiger partial charge in [-0.1, -0.05) is 0 Å². The van der Waals surface area contributed by atoms with Gasteiger partial charge in [-0.25, -0.2) is 0 Å². The van der Waals surface area contributed by atoms with Crippen molar-refractivity contribution in [2.24, 2.45) is 0 Å². The van der Waals surface area contributed by atoms with Crippen LogP contribution in [0.3, 0.4) is 0 Å². The van der Waals surface area contributed by atoms with Crippen LogP contribution in [-0.4, -0.2) is 13.0 Å². The number of aryl methyl sites for hydroxylation is 1. The second-order valence-corrected chi connectivity index (χ2v) is 5.23. The van der Waals surface area contributed by atoms with E-state index < -0.39 is 0 Å². The Balaban J connectivity index is 2.28. The van der Waals surface area contributed by atoms with Crippen molar-refractivity contribution in [2.45, 2.75) is 6.92 Å². The quantitative estimate of drug-likeness (QED) is 0.843. The average Bonchev–Trinajstić information content (AvgIpc) is 2.42. The topological polar surface area (TPSA) is 64.3 Å². The summed E-state index contributed by atoms with van der Waals surface area (Å²) in [6.07, 6.45) is 0. The van der Waals surface area contributed by atoms with Crippen molar-refractivity contribution in [3.63, 3.8) is 0 Å². The molecule has 0 aliphatic rings. The molecule has 2 rings (SSSR count). The number of anilines is 2. The third-order valence-corrected chi connectivity index (χ3v) is 3.61. The molecular weight excluding hydrogens is 320 g/mol. The molecule has 0 saturated heterocycles. The van der Waals surface area contributed by atoms with E-state index in [2.05, 4.69) is 21.2 Å². The molecule has 0 radical (unpaired) electrons. The minimum atomic E-state index is -0.205. The molecular formula is C15H15BrN2O2. The monoisotopic (exact) mass is 334 g/mol. The molecule has 0 atom stereocenters. The molecule has 0 aliphatic carbocycles. The van der Waals surface area contributed by atoms with Gasteiger partial charge < -0.3 is 15.8 Å². The number of hydrogen-bond acceptors (Lipinski definition) is 3. The summed E-state index contributed by atoms with van der Waals surface area (Å²) < 4.78 is 5.84. The highest BCUT2D eigenvalue weighted by atomic mass is 79.9. The minimum Gasteiger partial charge on any atom is -0.497 e. The smallest absolute Gasteiger partial charge is 0.256 e. The lowest BCUT2D eigenvalue weighted by atomic mass is 10.1. The van der Waals surface area contributed by atoms with E-state index in [1.54, 1.807) is 37.4 Å². The van der Waals surface area contributed by atoms with E-state index in [1.807, 2.05) is 13.0 Å². The molecule has 0 aliphatic heterocycles. The molecule has 0 fully saturated rings. The van der Waals surface area contributed by atoms with Gasteiger partial charge in [-0.15, -0.1) is 0 Å². The molecule has 0 saturated carbocycles. The second-order valence-electron chi connectivity index (χ2n) is 4.37. The first-order valence-corrected chi connectivity index (χ1v) is 6.81. The van der Waals surface area contributed by atoms with Crippen molar-refractivity contribution in [1.82, 2.24) is 0 Å². The third kappa shape index (κ3) is 3.11. The summed E-state index contributed by atoms with van der Waals surface area (Å²) in [6.45, 7) is 1.90. The molecule has 1 amide bonds. The molecule has 2 aromatic rings. The van der Waals surface area contributed by atoms with Crippen molar-refractivity contribution in [1.29, 1.82) is 0 Å². The Bertz CT molecular complexity index is 656. The maximum Gasteiger partial charge on any atom is 0.256 e. The Hall–Kier alpha value is -2.01. The maximum absolute atomic E-state index is 12.3. The van der Waals surface area contributed by atoms with Crippen molar-refractivity contribution in [3.05, 3.63) is 52.0 Å². The Kier molecular flexibility index (Phi) is 4.29. The van der Waals surface area contributed by atoms with Crippen LogP contribution in [0.25, 0.3) is 0 Å².